The largest absolute Gasteiger partial charge is 0.482 e. The summed E-state index contributed by atoms with van der Waals surface area (Å²) in [5.74, 6) is -0.304. The molecule has 0 unspecified atom stereocenters. The Morgan fingerprint density at radius 2 is 2.17 bits per heavy atom. The molecule has 1 rings (SSSR count). The molecule has 0 aliphatic carbocycles. The Kier molecular flexibility index (Phi) is 5.06. The van der Waals surface area contributed by atoms with Gasteiger partial charge in [0.15, 0.2) is 6.61 Å². The second kappa shape index (κ2) is 6.55. The number of para-hydroxylation sites is 1. The van der Waals surface area contributed by atoms with Crippen LogP contribution in [0.15, 0.2) is 24.3 Å². The van der Waals surface area contributed by atoms with Gasteiger partial charge in [0.2, 0.25) is 0 Å². The van der Waals surface area contributed by atoms with Gasteiger partial charge in [0.1, 0.15) is 11.8 Å². The first-order valence-electron chi connectivity index (χ1n) is 5.18. The topological polar surface area (TPSA) is 53.3 Å². The zero-order chi connectivity index (χ0) is 13.5. The molecule has 6 heteroatoms. The van der Waals surface area contributed by atoms with Crippen LogP contribution in [-0.2, 0) is 4.79 Å². The number of hydrogen-bond acceptors (Lipinski definition) is 3. The van der Waals surface area contributed by atoms with Gasteiger partial charge < -0.3 is 9.64 Å². The fourth-order valence-electron chi connectivity index (χ4n) is 1.24. The van der Waals surface area contributed by atoms with Crippen molar-refractivity contribution in [1.82, 2.24) is 4.90 Å². The van der Waals surface area contributed by atoms with E-state index < -0.39 is 18.9 Å². The molecule has 0 atom stereocenters. The first-order chi connectivity index (χ1) is 8.54. The maximum atomic E-state index is 12.0. The number of hydrogen-bond donors (Lipinski definition) is 0. The molecule has 0 spiro atoms. The van der Waals surface area contributed by atoms with E-state index in [0.717, 1.165) is 4.90 Å². The van der Waals surface area contributed by atoms with E-state index in [0.29, 0.717) is 5.56 Å². The van der Waals surface area contributed by atoms with E-state index in [2.05, 4.69) is 0 Å². The Morgan fingerprint density at radius 3 is 2.78 bits per heavy atom. The zero-order valence-electron chi connectivity index (χ0n) is 9.77. The molecule has 0 radical (unpaired) electrons. The molecule has 1 aromatic rings. The lowest BCUT2D eigenvalue weighted by molar-refractivity contribution is -0.133. The van der Waals surface area contributed by atoms with Gasteiger partial charge in [-0.2, -0.15) is 5.26 Å². The highest BCUT2D eigenvalue weighted by Crippen LogP contribution is 2.16. The third-order valence-corrected chi connectivity index (χ3v) is 2.20. The minimum atomic E-state index is -2.58. The van der Waals surface area contributed by atoms with Gasteiger partial charge in [-0.05, 0) is 12.1 Å². The Bertz CT molecular complexity index is 458. The van der Waals surface area contributed by atoms with Gasteiger partial charge in [0.05, 0.1) is 12.1 Å². The van der Waals surface area contributed by atoms with Crippen LogP contribution in [0, 0.1) is 11.3 Å². The molecule has 0 aromatic heterocycles. The van der Waals surface area contributed by atoms with Gasteiger partial charge in [0, 0.05) is 7.05 Å². The van der Waals surface area contributed by atoms with E-state index >= 15 is 0 Å². The zero-order valence-corrected chi connectivity index (χ0v) is 9.77. The van der Waals surface area contributed by atoms with Crippen LogP contribution >= 0.6 is 0 Å². The van der Waals surface area contributed by atoms with Crippen molar-refractivity contribution in [2.45, 2.75) is 6.43 Å². The Hall–Kier alpha value is -2.16. The normalized spacial score (nSPS) is 9.94. The Morgan fingerprint density at radius 1 is 1.50 bits per heavy atom. The fourth-order valence-corrected chi connectivity index (χ4v) is 1.24. The maximum absolute atomic E-state index is 12.0. The lowest BCUT2D eigenvalue weighted by Crippen LogP contribution is -2.34. The SMILES string of the molecule is CN(CC(F)F)C(=O)COc1ccccc1C#N. The molecule has 1 aromatic carbocycles. The van der Waals surface area contributed by atoms with E-state index in [1.807, 2.05) is 6.07 Å². The van der Waals surface area contributed by atoms with E-state index in [-0.39, 0.29) is 12.4 Å². The molecular formula is C12H12F2N2O2. The molecule has 0 saturated heterocycles. The van der Waals surface area contributed by atoms with Gasteiger partial charge in [-0.1, -0.05) is 12.1 Å². The molecule has 18 heavy (non-hydrogen) atoms. The molecule has 0 heterocycles. The van der Waals surface area contributed by atoms with Crippen LogP contribution < -0.4 is 4.74 Å². The molecule has 0 fully saturated rings. The van der Waals surface area contributed by atoms with Gasteiger partial charge in [-0.3, -0.25) is 4.79 Å². The maximum Gasteiger partial charge on any atom is 0.260 e. The van der Waals surface area contributed by atoms with Crippen molar-refractivity contribution in [1.29, 1.82) is 5.26 Å². The van der Waals surface area contributed by atoms with E-state index in [9.17, 15) is 13.6 Å². The Balaban J connectivity index is 2.55. The van der Waals surface area contributed by atoms with E-state index in [4.69, 9.17) is 10.00 Å². The van der Waals surface area contributed by atoms with Crippen LogP contribution in [-0.4, -0.2) is 37.4 Å². The van der Waals surface area contributed by atoms with Gasteiger partial charge in [-0.15, -0.1) is 0 Å². The number of nitriles is 1. The summed E-state index contributed by atoms with van der Waals surface area (Å²) < 4.78 is 29.2. The van der Waals surface area contributed by atoms with Crippen molar-refractivity contribution < 1.29 is 18.3 Å². The molecule has 0 saturated carbocycles. The van der Waals surface area contributed by atoms with Crippen molar-refractivity contribution in [3.8, 4) is 11.8 Å². The smallest absolute Gasteiger partial charge is 0.260 e. The van der Waals surface area contributed by atoms with E-state index in [1.54, 1.807) is 24.3 Å². The predicted molar refractivity (Wildman–Crippen MR) is 60.3 cm³/mol. The fraction of sp³-hybridized carbons (Fsp3) is 0.333. The quantitative estimate of drug-likeness (QED) is 0.803. The highest BCUT2D eigenvalue weighted by Gasteiger charge is 2.14. The minimum Gasteiger partial charge on any atom is -0.482 e. The standard InChI is InChI=1S/C12H12F2N2O2/c1-16(7-11(13)14)12(17)8-18-10-5-3-2-4-9(10)6-15/h2-5,11H,7-8H2,1H3. The number of likely N-dealkylation sites (N-methyl/N-ethyl adjacent to an activating group) is 1. The molecule has 0 N–H and O–H groups in total. The highest BCUT2D eigenvalue weighted by atomic mass is 19.3. The summed E-state index contributed by atoms with van der Waals surface area (Å²) in [6, 6.07) is 8.31. The molecule has 0 aliphatic rings. The van der Waals surface area contributed by atoms with Crippen LogP contribution in [0.3, 0.4) is 0 Å². The van der Waals surface area contributed by atoms with E-state index in [1.165, 1.54) is 7.05 Å². The molecular weight excluding hydrogens is 242 g/mol. The second-order valence-corrected chi connectivity index (χ2v) is 3.56. The number of nitrogens with zero attached hydrogens (tertiary/aromatic N) is 2. The number of carbonyl (C=O) groups excluding carboxylic acids is 1. The summed E-state index contributed by atoms with van der Waals surface area (Å²) in [5.41, 5.74) is 0.293. The monoisotopic (exact) mass is 254 g/mol. The number of alkyl halides is 2. The van der Waals surface area contributed by atoms with Gasteiger partial charge in [-0.25, -0.2) is 8.78 Å². The van der Waals surface area contributed by atoms with Crippen molar-refractivity contribution >= 4 is 5.91 Å². The summed E-state index contributed by atoms with van der Waals surface area (Å²) in [6.45, 7) is -1.01. The summed E-state index contributed by atoms with van der Waals surface area (Å²) in [4.78, 5) is 12.3. The highest BCUT2D eigenvalue weighted by molar-refractivity contribution is 5.77. The molecule has 96 valence electrons. The predicted octanol–water partition coefficient (Wildman–Crippen LogP) is 1.66. The van der Waals surface area contributed by atoms with Crippen molar-refractivity contribution in [3.05, 3.63) is 29.8 Å². The van der Waals surface area contributed by atoms with Crippen molar-refractivity contribution in [2.75, 3.05) is 20.2 Å². The van der Waals surface area contributed by atoms with Crippen LogP contribution in [0.25, 0.3) is 0 Å². The van der Waals surface area contributed by atoms with Crippen LogP contribution in [0.1, 0.15) is 5.56 Å². The summed E-state index contributed by atoms with van der Waals surface area (Å²) in [7, 11) is 1.27. The molecule has 4 nitrogen and oxygen atoms in total. The van der Waals surface area contributed by atoms with Gasteiger partial charge >= 0.3 is 0 Å². The third kappa shape index (κ3) is 4.01. The van der Waals surface area contributed by atoms with Crippen LogP contribution in [0.2, 0.25) is 0 Å². The van der Waals surface area contributed by atoms with Crippen LogP contribution in [0.4, 0.5) is 8.78 Å². The number of benzene rings is 1. The number of halogens is 2. The first-order valence-corrected chi connectivity index (χ1v) is 5.18. The number of rotatable bonds is 5. The number of ether oxygens (including phenoxy) is 1. The first kappa shape index (κ1) is 13.9. The van der Waals surface area contributed by atoms with Gasteiger partial charge in [0.25, 0.3) is 12.3 Å². The average molecular weight is 254 g/mol. The summed E-state index contributed by atoms with van der Waals surface area (Å²) in [5, 5.41) is 8.79. The van der Waals surface area contributed by atoms with Crippen LogP contribution in [0.5, 0.6) is 5.75 Å². The second-order valence-electron chi connectivity index (χ2n) is 3.56. The third-order valence-electron chi connectivity index (χ3n) is 2.20. The molecule has 0 bridgehead atoms. The van der Waals surface area contributed by atoms with Crippen molar-refractivity contribution in [3.63, 3.8) is 0 Å². The minimum absolute atomic E-state index is 0.263. The van der Waals surface area contributed by atoms with Crippen molar-refractivity contribution in [2.24, 2.45) is 0 Å². The number of amides is 1. The number of carbonyl (C=O) groups is 1. The average Bonchev–Trinajstić information content (AvgIpc) is 2.35. The molecule has 0 aliphatic heterocycles. The lowest BCUT2D eigenvalue weighted by atomic mass is 10.2. The lowest BCUT2D eigenvalue weighted by Gasteiger charge is -2.16. The summed E-state index contributed by atoms with van der Waals surface area (Å²) in [6.07, 6.45) is -2.58. The summed E-state index contributed by atoms with van der Waals surface area (Å²) >= 11 is 0. The molecule has 1 amide bonds. The Labute approximate surface area is 103 Å².